The summed E-state index contributed by atoms with van der Waals surface area (Å²) < 4.78 is 11.1. The minimum absolute atomic E-state index is 0.0147. The van der Waals surface area contributed by atoms with E-state index in [0.29, 0.717) is 32.8 Å². The second-order valence-corrected chi connectivity index (χ2v) is 7.48. The number of carbonyl (C=O) groups excluding carboxylic acids is 1. The van der Waals surface area contributed by atoms with Gasteiger partial charge >= 0.3 is 0 Å². The van der Waals surface area contributed by atoms with Crippen LogP contribution in [0.25, 0.3) is 11.1 Å². The molecular weight excluding hydrogens is 352 g/mol. The minimum atomic E-state index is -0.430. The van der Waals surface area contributed by atoms with E-state index in [1.165, 1.54) is 5.56 Å². The second-order valence-electron chi connectivity index (χ2n) is 7.48. The van der Waals surface area contributed by atoms with E-state index in [1.54, 1.807) is 12.4 Å². The third-order valence-corrected chi connectivity index (χ3v) is 5.42. The van der Waals surface area contributed by atoms with Crippen LogP contribution >= 0.6 is 0 Å². The highest BCUT2D eigenvalue weighted by molar-refractivity contribution is 5.83. The zero-order valence-electron chi connectivity index (χ0n) is 16.8. The third kappa shape index (κ3) is 5.18. The first-order valence-corrected chi connectivity index (χ1v) is 10.1. The van der Waals surface area contributed by atoms with Gasteiger partial charge in [0.25, 0.3) is 0 Å². The molecule has 2 aromatic rings. The number of aromatic nitrogens is 1. The number of pyridine rings is 1. The lowest BCUT2D eigenvalue weighted by Crippen LogP contribution is -2.47. The Bertz CT molecular complexity index is 757. The predicted molar refractivity (Wildman–Crippen MR) is 110 cm³/mol. The molecule has 150 valence electrons. The van der Waals surface area contributed by atoms with Crippen molar-refractivity contribution in [1.29, 1.82) is 0 Å². The summed E-state index contributed by atoms with van der Waals surface area (Å²) in [5, 5.41) is 3.12. The van der Waals surface area contributed by atoms with Crippen molar-refractivity contribution >= 4 is 5.91 Å². The molecule has 0 spiro atoms. The van der Waals surface area contributed by atoms with Crippen LogP contribution in [-0.2, 0) is 20.7 Å². The van der Waals surface area contributed by atoms with Gasteiger partial charge < -0.3 is 14.8 Å². The fraction of sp³-hybridized carbons (Fsp3) is 0.478. The third-order valence-electron chi connectivity index (χ3n) is 5.42. The monoisotopic (exact) mass is 382 g/mol. The molecule has 1 saturated heterocycles. The molecule has 0 aliphatic carbocycles. The van der Waals surface area contributed by atoms with Crippen molar-refractivity contribution in [3.8, 4) is 11.1 Å². The molecule has 1 fully saturated rings. The van der Waals surface area contributed by atoms with E-state index < -0.39 is 5.41 Å². The van der Waals surface area contributed by atoms with E-state index in [1.807, 2.05) is 26.0 Å². The van der Waals surface area contributed by atoms with Gasteiger partial charge in [0.1, 0.15) is 0 Å². The molecular formula is C23H30N2O3. The normalized spacial score (nSPS) is 17.1. The Hall–Kier alpha value is -2.24. The molecule has 1 unspecified atom stereocenters. The summed E-state index contributed by atoms with van der Waals surface area (Å²) in [6, 6.07) is 12.5. The molecule has 0 radical (unpaired) electrons. The van der Waals surface area contributed by atoms with Crippen LogP contribution in [0.2, 0.25) is 0 Å². The number of benzene rings is 1. The highest BCUT2D eigenvalue weighted by atomic mass is 16.5. The van der Waals surface area contributed by atoms with Crippen molar-refractivity contribution in [1.82, 2.24) is 10.3 Å². The highest BCUT2D eigenvalue weighted by Crippen LogP contribution is 2.35. The molecule has 0 bridgehead atoms. The van der Waals surface area contributed by atoms with Crippen molar-refractivity contribution in [2.75, 3.05) is 26.4 Å². The van der Waals surface area contributed by atoms with Crippen LogP contribution in [0.15, 0.2) is 48.8 Å². The Morgan fingerprint density at radius 1 is 1.21 bits per heavy atom. The topological polar surface area (TPSA) is 60.5 Å². The quantitative estimate of drug-likeness (QED) is 0.757. The summed E-state index contributed by atoms with van der Waals surface area (Å²) in [6.45, 7) is 6.38. The fourth-order valence-electron chi connectivity index (χ4n) is 3.81. The molecule has 1 aliphatic rings. The molecule has 1 amide bonds. The highest BCUT2D eigenvalue weighted by Gasteiger charge is 2.40. The smallest absolute Gasteiger partial charge is 0.226 e. The molecule has 5 nitrogen and oxygen atoms in total. The molecule has 1 atom stereocenters. The molecule has 1 aromatic heterocycles. The number of nitrogens with one attached hydrogen (secondary N) is 1. The SMILES string of the molecule is CCOC(C)CNC(=O)C1(Cc2cccc(-c3ccncc3)c2)CCOCC1. The first-order chi connectivity index (χ1) is 13.6. The Morgan fingerprint density at radius 3 is 2.68 bits per heavy atom. The summed E-state index contributed by atoms with van der Waals surface area (Å²) in [6.07, 6.45) is 5.80. The summed E-state index contributed by atoms with van der Waals surface area (Å²) in [5.74, 6) is 0.108. The van der Waals surface area contributed by atoms with Gasteiger partial charge in [-0.1, -0.05) is 24.3 Å². The Kier molecular flexibility index (Phi) is 7.18. The van der Waals surface area contributed by atoms with Crippen molar-refractivity contribution in [2.24, 2.45) is 5.41 Å². The van der Waals surface area contributed by atoms with Crippen LogP contribution in [0.4, 0.5) is 0 Å². The van der Waals surface area contributed by atoms with E-state index in [4.69, 9.17) is 9.47 Å². The maximum Gasteiger partial charge on any atom is 0.226 e. The van der Waals surface area contributed by atoms with Crippen LogP contribution in [0.5, 0.6) is 0 Å². The summed E-state index contributed by atoms with van der Waals surface area (Å²) in [4.78, 5) is 17.2. The van der Waals surface area contributed by atoms with Crippen molar-refractivity contribution < 1.29 is 14.3 Å². The number of hydrogen-bond donors (Lipinski definition) is 1. The van der Waals surface area contributed by atoms with Gasteiger partial charge in [-0.15, -0.1) is 0 Å². The van der Waals surface area contributed by atoms with E-state index >= 15 is 0 Å². The van der Waals surface area contributed by atoms with Gasteiger partial charge in [-0.3, -0.25) is 9.78 Å². The van der Waals surface area contributed by atoms with Crippen LogP contribution < -0.4 is 5.32 Å². The zero-order chi connectivity index (χ0) is 19.8. The van der Waals surface area contributed by atoms with E-state index in [0.717, 1.165) is 24.0 Å². The lowest BCUT2D eigenvalue weighted by molar-refractivity contribution is -0.137. The summed E-state index contributed by atoms with van der Waals surface area (Å²) in [5.41, 5.74) is 3.02. The zero-order valence-corrected chi connectivity index (χ0v) is 16.8. The van der Waals surface area contributed by atoms with E-state index in [2.05, 4.69) is 34.6 Å². The molecule has 1 aliphatic heterocycles. The standard InChI is InChI=1S/C23H30N2O3/c1-3-28-18(2)17-25-22(26)23(9-13-27-14-10-23)16-19-5-4-6-21(15-19)20-7-11-24-12-8-20/h4-8,11-12,15,18H,3,9-10,13-14,16-17H2,1-2H3,(H,25,26). The van der Waals surface area contributed by atoms with Gasteiger partial charge in [0.05, 0.1) is 11.5 Å². The number of ether oxygens (including phenoxy) is 2. The lowest BCUT2D eigenvalue weighted by Gasteiger charge is -2.36. The Labute approximate surface area is 167 Å². The Morgan fingerprint density at radius 2 is 1.96 bits per heavy atom. The maximum absolute atomic E-state index is 13.2. The van der Waals surface area contributed by atoms with Crippen LogP contribution in [0.3, 0.4) is 0 Å². The molecule has 1 N–H and O–H groups in total. The molecule has 28 heavy (non-hydrogen) atoms. The first kappa shape index (κ1) is 20.5. The van der Waals surface area contributed by atoms with Crippen LogP contribution in [-0.4, -0.2) is 43.4 Å². The van der Waals surface area contributed by atoms with Gasteiger partial charge in [0.15, 0.2) is 0 Å². The van der Waals surface area contributed by atoms with E-state index in [9.17, 15) is 4.79 Å². The predicted octanol–water partition coefficient (Wildman–Crippen LogP) is 3.63. The van der Waals surface area contributed by atoms with Gasteiger partial charge in [-0.2, -0.15) is 0 Å². The molecule has 1 aromatic carbocycles. The van der Waals surface area contributed by atoms with E-state index in [-0.39, 0.29) is 12.0 Å². The Balaban J connectivity index is 1.76. The molecule has 3 rings (SSSR count). The fourth-order valence-corrected chi connectivity index (χ4v) is 3.81. The van der Waals surface area contributed by atoms with Crippen LogP contribution in [0, 0.1) is 5.41 Å². The number of carbonyl (C=O) groups is 1. The maximum atomic E-state index is 13.2. The average molecular weight is 383 g/mol. The summed E-state index contributed by atoms with van der Waals surface area (Å²) in [7, 11) is 0. The number of nitrogens with zero attached hydrogens (tertiary/aromatic N) is 1. The van der Waals surface area contributed by atoms with Crippen molar-refractivity contribution in [3.63, 3.8) is 0 Å². The number of amides is 1. The van der Waals surface area contributed by atoms with Crippen LogP contribution in [0.1, 0.15) is 32.3 Å². The lowest BCUT2D eigenvalue weighted by atomic mass is 9.74. The number of hydrogen-bond acceptors (Lipinski definition) is 4. The molecule has 5 heteroatoms. The minimum Gasteiger partial charge on any atom is -0.381 e. The van der Waals surface area contributed by atoms with Gasteiger partial charge in [-0.05, 0) is 61.9 Å². The second kappa shape index (κ2) is 9.80. The van der Waals surface area contributed by atoms with Crippen molar-refractivity contribution in [2.45, 2.75) is 39.2 Å². The van der Waals surface area contributed by atoms with Crippen molar-refractivity contribution in [3.05, 3.63) is 54.4 Å². The van der Waals surface area contributed by atoms with Gasteiger partial charge in [0, 0.05) is 38.8 Å². The summed E-state index contributed by atoms with van der Waals surface area (Å²) >= 11 is 0. The number of rotatable bonds is 8. The average Bonchev–Trinajstić information content (AvgIpc) is 2.74. The first-order valence-electron chi connectivity index (χ1n) is 10.1. The van der Waals surface area contributed by atoms with Gasteiger partial charge in [-0.25, -0.2) is 0 Å². The molecule has 2 heterocycles. The van der Waals surface area contributed by atoms with Gasteiger partial charge in [0.2, 0.25) is 5.91 Å². The molecule has 0 saturated carbocycles. The largest absolute Gasteiger partial charge is 0.381 e.